The Balaban J connectivity index is 2.32. The molecule has 0 aliphatic rings. The molecule has 28 heavy (non-hydrogen) atoms. The molecule has 0 saturated carbocycles. The molecule has 3 heteroatoms. The zero-order valence-electron chi connectivity index (χ0n) is 17.4. The Hall–Kier alpha value is -2.94. The molecule has 3 N–H and O–H groups in total. The highest BCUT2D eigenvalue weighted by atomic mass is 16.3. The molecule has 0 aromatic heterocycles. The first-order valence-corrected chi connectivity index (χ1v) is 9.50. The fraction of sp³-hybridized carbons (Fsp3) is 0.280. The lowest BCUT2D eigenvalue weighted by Crippen LogP contribution is -2.06. The van der Waals surface area contributed by atoms with E-state index in [0.29, 0.717) is 5.75 Å². The van der Waals surface area contributed by atoms with E-state index in [-0.39, 0.29) is 17.4 Å². The molecule has 0 unspecified atom stereocenters. The third-order valence-corrected chi connectivity index (χ3v) is 5.84. The van der Waals surface area contributed by atoms with E-state index in [4.69, 9.17) is 0 Å². The predicted octanol–water partition coefficient (Wildman–Crippen LogP) is 5.83. The largest absolute Gasteiger partial charge is 0.508 e. The first kappa shape index (κ1) is 19.8. The second-order valence-corrected chi connectivity index (χ2v) is 7.90. The summed E-state index contributed by atoms with van der Waals surface area (Å²) in [6.45, 7) is 11.6. The minimum Gasteiger partial charge on any atom is -0.508 e. The number of hydrogen-bond donors (Lipinski definition) is 3. The van der Waals surface area contributed by atoms with E-state index in [1.165, 1.54) is 0 Å². The maximum atomic E-state index is 10.4. The smallest absolute Gasteiger partial charge is 0.121 e. The molecular formula is C25H28O3. The minimum atomic E-state index is -0.173. The molecule has 146 valence electrons. The second kappa shape index (κ2) is 7.23. The predicted molar refractivity (Wildman–Crippen MR) is 114 cm³/mol. The lowest BCUT2D eigenvalue weighted by molar-refractivity contribution is 0.465. The summed E-state index contributed by atoms with van der Waals surface area (Å²) in [4.78, 5) is 0. The summed E-state index contributed by atoms with van der Waals surface area (Å²) in [5.74, 6) is 0.655. The molecule has 0 radical (unpaired) electrons. The van der Waals surface area contributed by atoms with Gasteiger partial charge in [0.15, 0.2) is 0 Å². The Bertz CT molecular complexity index is 858. The Labute approximate surface area is 166 Å². The van der Waals surface area contributed by atoms with E-state index >= 15 is 0 Å². The van der Waals surface area contributed by atoms with Crippen molar-refractivity contribution in [1.29, 1.82) is 0 Å². The normalized spacial score (nSPS) is 11.2. The summed E-state index contributed by atoms with van der Waals surface area (Å²) in [5.41, 5.74) is 8.29. The third-order valence-electron chi connectivity index (χ3n) is 5.84. The van der Waals surface area contributed by atoms with Gasteiger partial charge in [0.2, 0.25) is 0 Å². The van der Waals surface area contributed by atoms with Crippen LogP contribution in [0, 0.1) is 41.5 Å². The van der Waals surface area contributed by atoms with Gasteiger partial charge in [0, 0.05) is 5.92 Å². The minimum absolute atomic E-state index is 0.173. The Kier molecular flexibility index (Phi) is 5.12. The second-order valence-electron chi connectivity index (χ2n) is 7.90. The van der Waals surface area contributed by atoms with Crippen LogP contribution in [0.4, 0.5) is 0 Å². The van der Waals surface area contributed by atoms with Gasteiger partial charge >= 0.3 is 0 Å². The summed E-state index contributed by atoms with van der Waals surface area (Å²) in [7, 11) is 0. The molecule has 0 heterocycles. The molecule has 3 nitrogen and oxygen atoms in total. The van der Waals surface area contributed by atoms with Gasteiger partial charge in [-0.3, -0.25) is 0 Å². The number of rotatable bonds is 3. The number of phenolic OH excluding ortho intramolecular Hbond substituents is 3. The molecule has 0 spiro atoms. The first-order valence-electron chi connectivity index (χ1n) is 9.50. The molecule has 0 amide bonds. The van der Waals surface area contributed by atoms with Crippen molar-refractivity contribution in [3.63, 3.8) is 0 Å². The number of hydrogen-bond acceptors (Lipinski definition) is 3. The summed E-state index contributed by atoms with van der Waals surface area (Å²) < 4.78 is 0. The number of phenols is 3. The highest BCUT2D eigenvalue weighted by molar-refractivity contribution is 5.55. The van der Waals surface area contributed by atoms with Crippen LogP contribution in [-0.2, 0) is 0 Å². The van der Waals surface area contributed by atoms with Crippen molar-refractivity contribution in [2.24, 2.45) is 0 Å². The molecule has 0 atom stereocenters. The molecule has 0 aliphatic carbocycles. The van der Waals surface area contributed by atoms with Gasteiger partial charge in [-0.1, -0.05) is 24.3 Å². The van der Waals surface area contributed by atoms with Crippen molar-refractivity contribution in [1.82, 2.24) is 0 Å². The van der Waals surface area contributed by atoms with E-state index in [1.807, 2.05) is 53.7 Å². The quantitative estimate of drug-likeness (QED) is 0.504. The maximum absolute atomic E-state index is 10.4. The van der Waals surface area contributed by atoms with Gasteiger partial charge in [-0.15, -0.1) is 0 Å². The third kappa shape index (κ3) is 3.45. The lowest BCUT2D eigenvalue weighted by Gasteiger charge is -2.23. The van der Waals surface area contributed by atoms with Gasteiger partial charge in [0.1, 0.15) is 17.2 Å². The van der Waals surface area contributed by atoms with Crippen molar-refractivity contribution < 1.29 is 15.3 Å². The highest BCUT2D eigenvalue weighted by Crippen LogP contribution is 2.40. The van der Waals surface area contributed by atoms with Gasteiger partial charge in [-0.2, -0.15) is 0 Å². The first-order chi connectivity index (χ1) is 13.1. The van der Waals surface area contributed by atoms with Crippen LogP contribution in [0.3, 0.4) is 0 Å². The Morgan fingerprint density at radius 1 is 0.500 bits per heavy atom. The summed E-state index contributed by atoms with van der Waals surface area (Å²) >= 11 is 0. The molecule has 3 aromatic rings. The van der Waals surface area contributed by atoms with Crippen LogP contribution >= 0.6 is 0 Å². The topological polar surface area (TPSA) is 60.7 Å². The monoisotopic (exact) mass is 376 g/mol. The van der Waals surface area contributed by atoms with E-state index < -0.39 is 0 Å². The van der Waals surface area contributed by atoms with E-state index in [9.17, 15) is 15.3 Å². The molecule has 0 saturated heterocycles. The summed E-state index contributed by atoms with van der Waals surface area (Å²) in [5, 5.41) is 31.1. The summed E-state index contributed by atoms with van der Waals surface area (Å²) in [6.07, 6.45) is 0. The zero-order chi connectivity index (χ0) is 20.7. The molecule has 0 fully saturated rings. The highest BCUT2D eigenvalue weighted by Gasteiger charge is 2.22. The molecule has 3 aromatic carbocycles. The fourth-order valence-corrected chi connectivity index (χ4v) is 3.80. The van der Waals surface area contributed by atoms with Gasteiger partial charge in [0.25, 0.3) is 0 Å². The lowest BCUT2D eigenvalue weighted by atomic mass is 9.81. The van der Waals surface area contributed by atoms with E-state index in [2.05, 4.69) is 12.1 Å². The molecule has 3 rings (SSSR count). The van der Waals surface area contributed by atoms with Crippen molar-refractivity contribution in [3.8, 4) is 17.2 Å². The number of aromatic hydroxyl groups is 3. The van der Waals surface area contributed by atoms with Gasteiger partial charge in [-0.05, 0) is 104 Å². The number of aryl methyl sites for hydroxylation is 4. The van der Waals surface area contributed by atoms with Crippen molar-refractivity contribution in [2.45, 2.75) is 47.5 Å². The van der Waals surface area contributed by atoms with Gasteiger partial charge < -0.3 is 15.3 Å². The van der Waals surface area contributed by atoms with Crippen LogP contribution in [0.2, 0.25) is 0 Å². The van der Waals surface area contributed by atoms with Crippen LogP contribution in [0.5, 0.6) is 17.2 Å². The fourth-order valence-electron chi connectivity index (χ4n) is 3.80. The molecule has 0 aliphatic heterocycles. The van der Waals surface area contributed by atoms with Crippen LogP contribution in [-0.4, -0.2) is 15.3 Å². The van der Waals surface area contributed by atoms with Crippen LogP contribution in [0.1, 0.15) is 56.0 Å². The van der Waals surface area contributed by atoms with Crippen molar-refractivity contribution >= 4 is 0 Å². The van der Waals surface area contributed by atoms with Crippen LogP contribution in [0.15, 0.2) is 36.4 Å². The van der Waals surface area contributed by atoms with Gasteiger partial charge in [-0.25, -0.2) is 0 Å². The van der Waals surface area contributed by atoms with Crippen LogP contribution in [0.25, 0.3) is 0 Å². The molecular weight excluding hydrogens is 348 g/mol. The summed E-state index contributed by atoms with van der Waals surface area (Å²) in [6, 6.07) is 11.7. The SMILES string of the molecule is Cc1cc(C(c2cc(C)c(O)c(C)c2)c2cc(C)c(C)c(O)c2)cc(O)c1C. The van der Waals surface area contributed by atoms with Gasteiger partial charge in [0.05, 0.1) is 0 Å². The van der Waals surface area contributed by atoms with Crippen molar-refractivity contribution in [2.75, 3.05) is 0 Å². The number of benzene rings is 3. The molecule has 0 bridgehead atoms. The average Bonchev–Trinajstić information content (AvgIpc) is 2.62. The average molecular weight is 376 g/mol. The zero-order valence-corrected chi connectivity index (χ0v) is 17.4. The van der Waals surface area contributed by atoms with Crippen molar-refractivity contribution in [3.05, 3.63) is 86.5 Å². The van der Waals surface area contributed by atoms with E-state index in [0.717, 1.165) is 50.1 Å². The maximum Gasteiger partial charge on any atom is 0.121 e. The standard InChI is InChI=1S/C25H28O3/c1-13-7-20(11-22(26)17(13)5)24(19-9-15(3)25(28)16(4)10-19)21-8-14(2)18(6)23(27)12-21/h7-12,24,26-28H,1-6H3. The van der Waals surface area contributed by atoms with E-state index in [1.54, 1.807) is 12.1 Å². The Morgan fingerprint density at radius 3 is 1.18 bits per heavy atom. The van der Waals surface area contributed by atoms with Crippen LogP contribution < -0.4 is 0 Å². The Morgan fingerprint density at radius 2 is 0.821 bits per heavy atom.